The Morgan fingerprint density at radius 3 is 2.56 bits per heavy atom. The van der Waals surface area contributed by atoms with Gasteiger partial charge in [-0.15, -0.1) is 11.3 Å². The summed E-state index contributed by atoms with van der Waals surface area (Å²) in [4.78, 5) is 23.1. The van der Waals surface area contributed by atoms with Gasteiger partial charge >= 0.3 is 6.15 Å². The molecule has 1 aromatic rings. The highest BCUT2D eigenvalue weighted by Gasteiger charge is 2.20. The van der Waals surface area contributed by atoms with Crippen LogP contribution < -0.4 is 4.90 Å². The van der Waals surface area contributed by atoms with Crippen LogP contribution in [0, 0.1) is 6.92 Å². The molecular formula is C12H18N2O3S. The zero-order valence-corrected chi connectivity index (χ0v) is 11.5. The first-order valence-corrected chi connectivity index (χ1v) is 6.87. The van der Waals surface area contributed by atoms with E-state index in [1.54, 1.807) is 11.3 Å². The van der Waals surface area contributed by atoms with Crippen LogP contribution in [0.5, 0.6) is 0 Å². The van der Waals surface area contributed by atoms with Gasteiger partial charge in [0.1, 0.15) is 0 Å². The Hall–Kier alpha value is -1.23. The number of nitrogens with zero attached hydrogens (tertiary/aromatic N) is 2. The van der Waals surface area contributed by atoms with Gasteiger partial charge in [-0.25, -0.2) is 4.98 Å². The van der Waals surface area contributed by atoms with Crippen LogP contribution in [0.25, 0.3) is 0 Å². The van der Waals surface area contributed by atoms with Crippen molar-refractivity contribution in [1.82, 2.24) is 4.98 Å². The maximum Gasteiger partial charge on any atom is 0.373 e. The van der Waals surface area contributed by atoms with E-state index in [-0.39, 0.29) is 6.15 Å². The molecule has 0 bridgehead atoms. The van der Waals surface area contributed by atoms with Gasteiger partial charge in [0.15, 0.2) is 5.13 Å². The molecule has 100 valence electrons. The SMILES string of the molecule is CCOC1CCN(c2nc(C)cs2)CC1.O=C=O. The summed E-state index contributed by atoms with van der Waals surface area (Å²) in [6.07, 6.45) is 2.98. The smallest absolute Gasteiger partial charge is 0.373 e. The van der Waals surface area contributed by atoms with Crippen molar-refractivity contribution in [2.24, 2.45) is 0 Å². The van der Waals surface area contributed by atoms with Crippen molar-refractivity contribution >= 4 is 22.6 Å². The minimum Gasteiger partial charge on any atom is -0.378 e. The molecule has 1 aromatic heterocycles. The molecule has 0 radical (unpaired) electrons. The van der Waals surface area contributed by atoms with Crippen LogP contribution in [-0.2, 0) is 14.3 Å². The molecule has 0 unspecified atom stereocenters. The minimum atomic E-state index is 0.250. The van der Waals surface area contributed by atoms with E-state index in [0.29, 0.717) is 6.10 Å². The summed E-state index contributed by atoms with van der Waals surface area (Å²) in [5.74, 6) is 0. The van der Waals surface area contributed by atoms with Crippen molar-refractivity contribution in [3.05, 3.63) is 11.1 Å². The lowest BCUT2D eigenvalue weighted by Gasteiger charge is -2.31. The first-order valence-electron chi connectivity index (χ1n) is 5.99. The molecule has 2 heterocycles. The lowest BCUT2D eigenvalue weighted by atomic mass is 10.1. The van der Waals surface area contributed by atoms with Crippen LogP contribution >= 0.6 is 11.3 Å². The van der Waals surface area contributed by atoms with Gasteiger partial charge in [-0.05, 0) is 26.7 Å². The summed E-state index contributed by atoms with van der Waals surface area (Å²) in [5, 5.41) is 3.28. The zero-order valence-electron chi connectivity index (χ0n) is 10.7. The fourth-order valence-corrected chi connectivity index (χ4v) is 2.79. The summed E-state index contributed by atoms with van der Waals surface area (Å²) in [5.41, 5.74) is 1.13. The normalized spacial score (nSPS) is 15.8. The fraction of sp³-hybridized carbons (Fsp3) is 0.667. The van der Waals surface area contributed by atoms with Crippen LogP contribution in [0.15, 0.2) is 5.38 Å². The van der Waals surface area contributed by atoms with Crippen molar-refractivity contribution < 1.29 is 14.3 Å². The maximum absolute atomic E-state index is 8.12. The van der Waals surface area contributed by atoms with E-state index in [9.17, 15) is 0 Å². The number of rotatable bonds is 3. The number of thiazole rings is 1. The Morgan fingerprint density at radius 2 is 2.11 bits per heavy atom. The van der Waals surface area contributed by atoms with Crippen LogP contribution in [0.1, 0.15) is 25.5 Å². The fourth-order valence-electron chi connectivity index (χ4n) is 1.94. The third-order valence-corrected chi connectivity index (χ3v) is 3.74. The van der Waals surface area contributed by atoms with E-state index in [2.05, 4.69) is 22.2 Å². The Kier molecular flexibility index (Phi) is 6.57. The minimum absolute atomic E-state index is 0.250. The summed E-state index contributed by atoms with van der Waals surface area (Å²) < 4.78 is 5.63. The molecule has 0 N–H and O–H groups in total. The van der Waals surface area contributed by atoms with Gasteiger partial charge in [-0.1, -0.05) is 0 Å². The van der Waals surface area contributed by atoms with Gasteiger partial charge in [0.25, 0.3) is 0 Å². The Balaban J connectivity index is 0.000000492. The average molecular weight is 270 g/mol. The van der Waals surface area contributed by atoms with Crippen LogP contribution in [0.4, 0.5) is 5.13 Å². The first kappa shape index (κ1) is 14.8. The highest BCUT2D eigenvalue weighted by atomic mass is 32.1. The number of anilines is 1. The molecular weight excluding hydrogens is 252 g/mol. The molecule has 1 aliphatic heterocycles. The molecule has 0 atom stereocenters. The lowest BCUT2D eigenvalue weighted by molar-refractivity contribution is -0.191. The van der Waals surface area contributed by atoms with E-state index < -0.39 is 0 Å². The molecule has 18 heavy (non-hydrogen) atoms. The summed E-state index contributed by atoms with van der Waals surface area (Å²) in [7, 11) is 0. The second-order valence-electron chi connectivity index (χ2n) is 4.00. The highest BCUT2D eigenvalue weighted by molar-refractivity contribution is 7.13. The lowest BCUT2D eigenvalue weighted by Crippen LogP contribution is -2.37. The van der Waals surface area contributed by atoms with Gasteiger partial charge < -0.3 is 9.64 Å². The van der Waals surface area contributed by atoms with Crippen LogP contribution in [-0.4, -0.2) is 36.9 Å². The van der Waals surface area contributed by atoms with Crippen molar-refractivity contribution in [2.45, 2.75) is 32.8 Å². The van der Waals surface area contributed by atoms with Crippen molar-refractivity contribution in [2.75, 3.05) is 24.6 Å². The highest BCUT2D eigenvalue weighted by Crippen LogP contribution is 2.24. The van der Waals surface area contributed by atoms with Crippen LogP contribution in [0.3, 0.4) is 0 Å². The van der Waals surface area contributed by atoms with Gasteiger partial charge in [0, 0.05) is 25.1 Å². The third-order valence-electron chi connectivity index (χ3n) is 2.72. The van der Waals surface area contributed by atoms with Crippen LogP contribution in [0.2, 0.25) is 0 Å². The second kappa shape index (κ2) is 7.97. The number of carbonyl (C=O) groups excluding carboxylic acids is 2. The molecule has 0 aromatic carbocycles. The summed E-state index contributed by atoms with van der Waals surface area (Å²) in [6, 6.07) is 0. The molecule has 2 rings (SSSR count). The van der Waals surface area contributed by atoms with Crippen molar-refractivity contribution in [1.29, 1.82) is 0 Å². The van der Waals surface area contributed by atoms with E-state index in [4.69, 9.17) is 14.3 Å². The molecule has 5 nitrogen and oxygen atoms in total. The Morgan fingerprint density at radius 1 is 1.50 bits per heavy atom. The molecule has 0 amide bonds. The molecule has 1 aliphatic rings. The quantitative estimate of drug-likeness (QED) is 0.839. The summed E-state index contributed by atoms with van der Waals surface area (Å²) >= 11 is 1.74. The van der Waals surface area contributed by atoms with E-state index in [0.717, 1.165) is 38.2 Å². The maximum atomic E-state index is 8.12. The molecule has 0 aliphatic carbocycles. The second-order valence-corrected chi connectivity index (χ2v) is 4.83. The number of ether oxygens (including phenoxy) is 1. The topological polar surface area (TPSA) is 59.5 Å². The summed E-state index contributed by atoms with van der Waals surface area (Å²) in [6.45, 7) is 7.11. The molecule has 1 saturated heterocycles. The number of aryl methyl sites for hydroxylation is 1. The van der Waals surface area contributed by atoms with Gasteiger partial charge in [-0.2, -0.15) is 9.59 Å². The van der Waals surface area contributed by atoms with E-state index >= 15 is 0 Å². The van der Waals surface area contributed by atoms with E-state index in [1.165, 1.54) is 5.13 Å². The van der Waals surface area contributed by atoms with Gasteiger partial charge in [-0.3, -0.25) is 0 Å². The number of piperidine rings is 1. The molecule has 0 saturated carbocycles. The molecule has 1 fully saturated rings. The van der Waals surface area contributed by atoms with Gasteiger partial charge in [0.2, 0.25) is 0 Å². The predicted molar refractivity (Wildman–Crippen MR) is 68.7 cm³/mol. The number of hydrogen-bond donors (Lipinski definition) is 0. The molecule has 6 heteroatoms. The van der Waals surface area contributed by atoms with Crippen molar-refractivity contribution in [3.63, 3.8) is 0 Å². The predicted octanol–water partition coefficient (Wildman–Crippen LogP) is 1.87. The van der Waals surface area contributed by atoms with Crippen molar-refractivity contribution in [3.8, 4) is 0 Å². The first-order chi connectivity index (χ1) is 8.71. The Bertz CT molecular complexity index is 380. The monoisotopic (exact) mass is 270 g/mol. The molecule has 0 spiro atoms. The zero-order chi connectivity index (χ0) is 13.4. The standard InChI is InChI=1S/C11H18N2OS.CO2/c1-3-14-10-4-6-13(7-5-10)11-12-9(2)8-15-11;2-1-3/h8,10H,3-7H2,1-2H3;. The van der Waals surface area contributed by atoms with E-state index in [1.807, 2.05) is 6.92 Å². The number of aromatic nitrogens is 1. The number of hydrogen-bond acceptors (Lipinski definition) is 6. The largest absolute Gasteiger partial charge is 0.378 e. The third kappa shape index (κ3) is 4.56. The Labute approximate surface area is 111 Å². The van der Waals surface area contributed by atoms with Gasteiger partial charge in [0.05, 0.1) is 11.8 Å². The average Bonchev–Trinajstić information content (AvgIpc) is 2.78.